The molecule has 0 atom stereocenters. The molecule has 3 N–H and O–H groups in total. The molecule has 0 aliphatic carbocycles. The van der Waals surface area contributed by atoms with Crippen LogP contribution in [0, 0.1) is 0 Å². The molecule has 0 saturated heterocycles. The molecule has 0 bridgehead atoms. The van der Waals surface area contributed by atoms with Crippen molar-refractivity contribution in [2.45, 2.75) is 19.3 Å². The quantitative estimate of drug-likeness (QED) is 0.301. The number of carboxylic acids is 1. The highest BCUT2D eigenvalue weighted by molar-refractivity contribution is 5.66. The van der Waals surface area contributed by atoms with Crippen LogP contribution in [0.4, 0.5) is 0 Å². The molecule has 0 unspecified atom stereocenters. The number of aliphatic carboxylic acids is 1. The fourth-order valence-corrected chi connectivity index (χ4v) is 1.97. The third-order valence-electron chi connectivity index (χ3n) is 3.24. The second-order valence-corrected chi connectivity index (χ2v) is 5.42. The molecule has 5 nitrogen and oxygen atoms in total. The summed E-state index contributed by atoms with van der Waals surface area (Å²) in [4.78, 5) is 10.5. The molecular formula is C14H22INO4. The van der Waals surface area contributed by atoms with Crippen LogP contribution in [0.2, 0.25) is 0 Å². The van der Waals surface area contributed by atoms with Crippen molar-refractivity contribution in [1.82, 2.24) is 0 Å². The van der Waals surface area contributed by atoms with Gasteiger partial charge in [0.1, 0.15) is 0 Å². The number of halogens is 1. The zero-order valence-electron chi connectivity index (χ0n) is 11.8. The fourth-order valence-electron chi connectivity index (χ4n) is 1.97. The standard InChI is InChI=1S/C14H21NO4.HI/c1-15(2,9-4-7-13(17)18)10-8-11-5-3-6-12(16)14(11)19;/h3,5-6H,4,7-10H2,1-2H3,(H2-,16,17,18,19);1H. The minimum absolute atomic E-state index is 0. The molecule has 0 heterocycles. The summed E-state index contributed by atoms with van der Waals surface area (Å²) in [5, 5.41) is 27.7. The normalized spacial score (nSPS) is 10.9. The fraction of sp³-hybridized carbons (Fsp3) is 0.500. The number of aromatic hydroxyl groups is 2. The molecule has 0 aromatic heterocycles. The van der Waals surface area contributed by atoms with Crippen LogP contribution in [0.3, 0.4) is 0 Å². The molecule has 0 saturated carbocycles. The third kappa shape index (κ3) is 6.42. The van der Waals surface area contributed by atoms with Gasteiger partial charge in [-0.1, -0.05) is 12.1 Å². The maximum Gasteiger partial charge on any atom is 0.303 e. The summed E-state index contributed by atoms with van der Waals surface area (Å²) in [6.45, 7) is 1.54. The molecule has 0 spiro atoms. The molecular weight excluding hydrogens is 373 g/mol. The van der Waals surface area contributed by atoms with Crippen molar-refractivity contribution >= 4 is 5.97 Å². The summed E-state index contributed by atoms with van der Waals surface area (Å²) < 4.78 is 0.683. The van der Waals surface area contributed by atoms with E-state index in [0.717, 1.165) is 13.1 Å². The van der Waals surface area contributed by atoms with Gasteiger partial charge in [-0.15, -0.1) is 0 Å². The average molecular weight is 395 g/mol. The SMILES string of the molecule is C[N+](C)(CCCC(=O)O)CCc1cccc(O)c1O.[I-]. The minimum Gasteiger partial charge on any atom is -1.00 e. The summed E-state index contributed by atoms with van der Waals surface area (Å²) in [5.41, 5.74) is 0.712. The highest BCUT2D eigenvalue weighted by Crippen LogP contribution is 2.28. The lowest BCUT2D eigenvalue weighted by atomic mass is 10.1. The van der Waals surface area contributed by atoms with Gasteiger partial charge in [-0.25, -0.2) is 0 Å². The molecule has 0 aliphatic heterocycles. The Morgan fingerprint density at radius 1 is 1.20 bits per heavy atom. The number of likely N-dealkylation sites (N-methyl/N-ethyl adjacent to an activating group) is 1. The number of hydrogen-bond donors (Lipinski definition) is 3. The number of benzene rings is 1. The zero-order valence-corrected chi connectivity index (χ0v) is 14.0. The van der Waals surface area contributed by atoms with Crippen molar-refractivity contribution in [1.29, 1.82) is 0 Å². The Balaban J connectivity index is 0.00000361. The predicted octanol–water partition coefficient (Wildman–Crippen LogP) is -1.41. The second-order valence-electron chi connectivity index (χ2n) is 5.42. The van der Waals surface area contributed by atoms with Gasteiger partial charge < -0.3 is 43.8 Å². The maximum atomic E-state index is 10.5. The van der Waals surface area contributed by atoms with E-state index in [4.69, 9.17) is 5.11 Å². The molecule has 0 fully saturated rings. The minimum atomic E-state index is -0.773. The topological polar surface area (TPSA) is 77.8 Å². The van der Waals surface area contributed by atoms with E-state index >= 15 is 0 Å². The molecule has 1 aromatic rings. The second kappa shape index (κ2) is 8.31. The van der Waals surface area contributed by atoms with Gasteiger partial charge in [-0.05, 0) is 6.07 Å². The van der Waals surface area contributed by atoms with E-state index < -0.39 is 5.97 Å². The highest BCUT2D eigenvalue weighted by atomic mass is 127. The van der Waals surface area contributed by atoms with Gasteiger partial charge in [0.05, 0.1) is 33.6 Å². The van der Waals surface area contributed by atoms with Gasteiger partial charge >= 0.3 is 5.97 Å². The predicted molar refractivity (Wildman–Crippen MR) is 72.2 cm³/mol. The first-order valence-electron chi connectivity index (χ1n) is 6.35. The Hall–Kier alpha value is -1.02. The van der Waals surface area contributed by atoms with Crippen LogP contribution in [0.15, 0.2) is 18.2 Å². The first-order chi connectivity index (χ1) is 8.82. The van der Waals surface area contributed by atoms with Gasteiger partial charge in [-0.3, -0.25) is 4.79 Å². The van der Waals surface area contributed by atoms with Gasteiger partial charge in [-0.2, -0.15) is 0 Å². The van der Waals surface area contributed by atoms with Crippen LogP contribution in [-0.4, -0.2) is 53.0 Å². The number of carbonyl (C=O) groups is 1. The average Bonchev–Trinajstić information content (AvgIpc) is 2.30. The molecule has 1 aromatic carbocycles. The number of phenols is 2. The third-order valence-corrected chi connectivity index (χ3v) is 3.24. The van der Waals surface area contributed by atoms with Crippen LogP contribution in [0.5, 0.6) is 11.5 Å². The van der Waals surface area contributed by atoms with E-state index in [1.165, 1.54) is 6.07 Å². The Kier molecular flexibility index (Phi) is 7.88. The maximum absolute atomic E-state index is 10.5. The number of nitrogens with zero attached hydrogens (tertiary/aromatic N) is 1. The molecule has 0 aliphatic rings. The van der Waals surface area contributed by atoms with Crippen LogP contribution in [-0.2, 0) is 11.2 Å². The molecule has 20 heavy (non-hydrogen) atoms. The van der Waals surface area contributed by atoms with Crippen molar-refractivity contribution in [3.05, 3.63) is 23.8 Å². The van der Waals surface area contributed by atoms with E-state index in [1.807, 2.05) is 14.1 Å². The summed E-state index contributed by atoms with van der Waals surface area (Å²) in [5.74, 6) is -0.938. The van der Waals surface area contributed by atoms with Crippen molar-refractivity contribution in [3.8, 4) is 11.5 Å². The Morgan fingerprint density at radius 2 is 1.85 bits per heavy atom. The van der Waals surface area contributed by atoms with Crippen LogP contribution < -0.4 is 24.0 Å². The smallest absolute Gasteiger partial charge is 0.303 e. The van der Waals surface area contributed by atoms with E-state index in [1.54, 1.807) is 12.1 Å². The van der Waals surface area contributed by atoms with Crippen molar-refractivity contribution < 1.29 is 48.6 Å². The summed E-state index contributed by atoms with van der Waals surface area (Å²) in [6, 6.07) is 4.94. The zero-order chi connectivity index (χ0) is 14.5. The van der Waals surface area contributed by atoms with E-state index in [2.05, 4.69) is 0 Å². The van der Waals surface area contributed by atoms with Crippen LogP contribution in [0.1, 0.15) is 18.4 Å². The lowest BCUT2D eigenvalue weighted by Crippen LogP contribution is -3.00. The Bertz CT molecular complexity index is 449. The number of quaternary nitrogens is 1. The van der Waals surface area contributed by atoms with Crippen molar-refractivity contribution in [2.75, 3.05) is 27.2 Å². The lowest BCUT2D eigenvalue weighted by molar-refractivity contribution is -0.890. The van der Waals surface area contributed by atoms with E-state index in [0.29, 0.717) is 22.9 Å². The van der Waals surface area contributed by atoms with Gasteiger partial charge in [0, 0.05) is 18.4 Å². The summed E-state index contributed by atoms with van der Waals surface area (Å²) in [7, 11) is 4.06. The number of rotatable bonds is 7. The van der Waals surface area contributed by atoms with E-state index in [-0.39, 0.29) is 41.9 Å². The molecule has 1 rings (SSSR count). The largest absolute Gasteiger partial charge is 1.00 e. The number of carboxylic acid groups (broad SMARTS) is 1. The molecule has 0 amide bonds. The van der Waals surface area contributed by atoms with E-state index in [9.17, 15) is 15.0 Å². The molecule has 114 valence electrons. The molecule has 6 heteroatoms. The number of para-hydroxylation sites is 1. The van der Waals surface area contributed by atoms with Crippen LogP contribution in [0.25, 0.3) is 0 Å². The highest BCUT2D eigenvalue weighted by Gasteiger charge is 2.17. The van der Waals surface area contributed by atoms with Crippen LogP contribution >= 0.6 is 0 Å². The summed E-state index contributed by atoms with van der Waals surface area (Å²) in [6.07, 6.45) is 1.45. The first-order valence-corrected chi connectivity index (χ1v) is 6.35. The lowest BCUT2D eigenvalue weighted by Gasteiger charge is -2.29. The van der Waals surface area contributed by atoms with Gasteiger partial charge in [0.25, 0.3) is 0 Å². The van der Waals surface area contributed by atoms with Crippen molar-refractivity contribution in [3.63, 3.8) is 0 Å². The van der Waals surface area contributed by atoms with Gasteiger partial charge in [0.15, 0.2) is 11.5 Å². The molecule has 0 radical (unpaired) electrons. The number of phenolic OH excluding ortho intramolecular Hbond substituents is 2. The van der Waals surface area contributed by atoms with Gasteiger partial charge in [0.2, 0.25) is 0 Å². The Labute approximate surface area is 136 Å². The van der Waals surface area contributed by atoms with Crippen molar-refractivity contribution in [2.24, 2.45) is 0 Å². The number of hydrogen-bond acceptors (Lipinski definition) is 3. The Morgan fingerprint density at radius 3 is 2.45 bits per heavy atom. The first kappa shape index (κ1) is 19.0. The summed E-state index contributed by atoms with van der Waals surface area (Å²) >= 11 is 0. The monoisotopic (exact) mass is 395 g/mol.